The average Bonchev–Trinajstić information content (AvgIpc) is 2.59. The minimum absolute atomic E-state index is 0.202. The van der Waals surface area contributed by atoms with E-state index in [1.165, 1.54) is 11.0 Å². The predicted molar refractivity (Wildman–Crippen MR) is 92.0 cm³/mol. The molecule has 0 fully saturated rings. The number of ether oxygens (including phenoxy) is 2. The second kappa shape index (κ2) is 9.58. The van der Waals surface area contributed by atoms with E-state index in [1.54, 1.807) is 11.8 Å². The van der Waals surface area contributed by atoms with Crippen LogP contribution in [0.3, 0.4) is 0 Å². The van der Waals surface area contributed by atoms with Gasteiger partial charge in [0.15, 0.2) is 0 Å². The highest BCUT2D eigenvalue weighted by atomic mass is 32.2. The van der Waals surface area contributed by atoms with Crippen LogP contribution >= 0.6 is 11.8 Å². The van der Waals surface area contributed by atoms with Gasteiger partial charge >= 0.3 is 6.09 Å². The van der Waals surface area contributed by atoms with E-state index >= 15 is 0 Å². The Labute approximate surface area is 140 Å². The molecule has 0 unspecified atom stereocenters. The summed E-state index contributed by atoms with van der Waals surface area (Å²) in [6, 6.07) is 18.1. The van der Waals surface area contributed by atoms with Gasteiger partial charge in [0.05, 0.1) is 6.54 Å². The van der Waals surface area contributed by atoms with E-state index in [1.807, 2.05) is 42.5 Å². The summed E-state index contributed by atoms with van der Waals surface area (Å²) in [7, 11) is 0. The third-order valence-corrected chi connectivity index (χ3v) is 3.79. The maximum absolute atomic E-state index is 11.2. The van der Waals surface area contributed by atoms with Gasteiger partial charge < -0.3 is 14.8 Å². The molecular weight excluding hydrogens is 310 g/mol. The predicted octanol–water partition coefficient (Wildman–Crippen LogP) is 4.13. The monoisotopic (exact) mass is 329 g/mol. The molecule has 1 N–H and O–H groups in total. The van der Waals surface area contributed by atoms with Crippen LogP contribution < -0.4 is 10.1 Å². The van der Waals surface area contributed by atoms with Crippen LogP contribution in [0.2, 0.25) is 0 Å². The Morgan fingerprint density at radius 3 is 2.48 bits per heavy atom. The molecule has 0 spiro atoms. The molecule has 0 aliphatic heterocycles. The van der Waals surface area contributed by atoms with Gasteiger partial charge in [-0.1, -0.05) is 42.6 Å². The standard InChI is InChI=1S/C18H19NO3S/c1-2-13-22-18(20)19-12-14-21-15-8-10-17(11-9-15)23-16-6-4-3-5-7-16/h2-11H,1,12-14H2,(H,19,20). The van der Waals surface area contributed by atoms with Gasteiger partial charge in [0, 0.05) is 9.79 Å². The first-order chi connectivity index (χ1) is 11.3. The molecule has 0 saturated carbocycles. The van der Waals surface area contributed by atoms with Crippen LogP contribution in [0.1, 0.15) is 0 Å². The van der Waals surface area contributed by atoms with Crippen molar-refractivity contribution in [2.24, 2.45) is 0 Å². The number of amides is 1. The second-order valence-corrected chi connectivity index (χ2v) is 5.70. The molecule has 0 radical (unpaired) electrons. The van der Waals surface area contributed by atoms with Crippen molar-refractivity contribution in [1.82, 2.24) is 5.32 Å². The third kappa shape index (κ3) is 6.48. The molecule has 0 aliphatic rings. The molecule has 5 heteroatoms. The third-order valence-electron chi connectivity index (χ3n) is 2.78. The van der Waals surface area contributed by atoms with E-state index in [0.717, 1.165) is 10.6 Å². The van der Waals surface area contributed by atoms with Crippen molar-refractivity contribution in [3.63, 3.8) is 0 Å². The summed E-state index contributed by atoms with van der Waals surface area (Å²) >= 11 is 1.70. The van der Waals surface area contributed by atoms with Crippen LogP contribution in [0.15, 0.2) is 77.0 Å². The van der Waals surface area contributed by atoms with Gasteiger partial charge in [-0.15, -0.1) is 0 Å². The Morgan fingerprint density at radius 2 is 1.78 bits per heavy atom. The topological polar surface area (TPSA) is 47.6 Å². The van der Waals surface area contributed by atoms with Crippen molar-refractivity contribution in [1.29, 1.82) is 0 Å². The number of hydrogen-bond acceptors (Lipinski definition) is 4. The van der Waals surface area contributed by atoms with Gasteiger partial charge in [-0.05, 0) is 36.4 Å². The van der Waals surface area contributed by atoms with E-state index in [2.05, 4.69) is 24.0 Å². The molecule has 0 aromatic heterocycles. The van der Waals surface area contributed by atoms with Crippen LogP contribution in [0.4, 0.5) is 4.79 Å². The largest absolute Gasteiger partial charge is 0.492 e. The SMILES string of the molecule is C=CCOC(=O)NCCOc1ccc(Sc2ccccc2)cc1. The molecular formula is C18H19NO3S. The maximum atomic E-state index is 11.2. The van der Waals surface area contributed by atoms with Gasteiger partial charge in [0.1, 0.15) is 19.0 Å². The molecule has 0 heterocycles. The number of nitrogens with one attached hydrogen (secondary N) is 1. The van der Waals surface area contributed by atoms with Crippen molar-refractivity contribution in [2.45, 2.75) is 9.79 Å². The first-order valence-electron chi connectivity index (χ1n) is 7.25. The number of alkyl carbamates (subject to hydrolysis) is 1. The lowest BCUT2D eigenvalue weighted by Gasteiger charge is -2.08. The van der Waals surface area contributed by atoms with Crippen LogP contribution in [0, 0.1) is 0 Å². The molecule has 2 rings (SSSR count). The molecule has 120 valence electrons. The van der Waals surface area contributed by atoms with Gasteiger partial charge in [-0.2, -0.15) is 0 Å². The van der Waals surface area contributed by atoms with Crippen molar-refractivity contribution in [3.8, 4) is 5.75 Å². The Kier molecular flexibility index (Phi) is 7.07. The number of hydrogen-bond donors (Lipinski definition) is 1. The summed E-state index contributed by atoms with van der Waals surface area (Å²) in [6.07, 6.45) is 1.05. The van der Waals surface area contributed by atoms with Gasteiger partial charge in [-0.3, -0.25) is 0 Å². The second-order valence-electron chi connectivity index (χ2n) is 4.55. The Morgan fingerprint density at radius 1 is 1.09 bits per heavy atom. The fraction of sp³-hybridized carbons (Fsp3) is 0.167. The van der Waals surface area contributed by atoms with Gasteiger partial charge in [0.2, 0.25) is 0 Å². The van der Waals surface area contributed by atoms with Gasteiger partial charge in [0.25, 0.3) is 0 Å². The van der Waals surface area contributed by atoms with Crippen LogP contribution in [0.5, 0.6) is 5.75 Å². The zero-order valence-corrected chi connectivity index (χ0v) is 13.6. The highest BCUT2D eigenvalue weighted by Gasteiger charge is 2.01. The normalized spacial score (nSPS) is 9.91. The summed E-state index contributed by atoms with van der Waals surface area (Å²) in [4.78, 5) is 13.5. The Hall–Kier alpha value is -2.40. The summed E-state index contributed by atoms with van der Waals surface area (Å²) in [5.74, 6) is 0.767. The highest BCUT2D eigenvalue weighted by Crippen LogP contribution is 2.28. The smallest absolute Gasteiger partial charge is 0.407 e. The van der Waals surface area contributed by atoms with Crippen molar-refractivity contribution in [2.75, 3.05) is 19.8 Å². The van der Waals surface area contributed by atoms with Gasteiger partial charge in [-0.25, -0.2) is 4.79 Å². The fourth-order valence-corrected chi connectivity index (χ4v) is 2.57. The number of carbonyl (C=O) groups excluding carboxylic acids is 1. The first kappa shape index (κ1) is 17.0. The summed E-state index contributed by atoms with van der Waals surface area (Å²) in [5, 5.41) is 2.59. The van der Waals surface area contributed by atoms with E-state index in [4.69, 9.17) is 9.47 Å². The maximum Gasteiger partial charge on any atom is 0.407 e. The van der Waals surface area contributed by atoms with Crippen LogP contribution in [-0.4, -0.2) is 25.9 Å². The summed E-state index contributed by atoms with van der Waals surface area (Å²) in [6.45, 7) is 4.44. The lowest BCUT2D eigenvalue weighted by atomic mass is 10.3. The van der Waals surface area contributed by atoms with Crippen molar-refractivity contribution in [3.05, 3.63) is 67.3 Å². The number of carbonyl (C=O) groups is 1. The summed E-state index contributed by atoms with van der Waals surface area (Å²) in [5.41, 5.74) is 0. The molecule has 0 aliphatic carbocycles. The van der Waals surface area contributed by atoms with Crippen LogP contribution in [0.25, 0.3) is 0 Å². The van der Waals surface area contributed by atoms with E-state index < -0.39 is 6.09 Å². The summed E-state index contributed by atoms with van der Waals surface area (Å²) < 4.78 is 10.4. The van der Waals surface area contributed by atoms with Crippen LogP contribution in [-0.2, 0) is 4.74 Å². The molecule has 1 amide bonds. The lowest BCUT2D eigenvalue weighted by molar-refractivity contribution is 0.156. The molecule has 0 saturated heterocycles. The highest BCUT2D eigenvalue weighted by molar-refractivity contribution is 7.99. The lowest BCUT2D eigenvalue weighted by Crippen LogP contribution is -2.28. The first-order valence-corrected chi connectivity index (χ1v) is 8.07. The number of benzene rings is 2. The van der Waals surface area contributed by atoms with E-state index in [-0.39, 0.29) is 6.61 Å². The average molecular weight is 329 g/mol. The van der Waals surface area contributed by atoms with E-state index in [0.29, 0.717) is 13.2 Å². The molecule has 4 nitrogen and oxygen atoms in total. The molecule has 23 heavy (non-hydrogen) atoms. The minimum Gasteiger partial charge on any atom is -0.492 e. The quantitative estimate of drug-likeness (QED) is 0.584. The fourth-order valence-electron chi connectivity index (χ4n) is 1.74. The Bertz CT molecular complexity index is 614. The molecule has 0 atom stereocenters. The molecule has 2 aromatic rings. The Balaban J connectivity index is 1.71. The van der Waals surface area contributed by atoms with Crippen molar-refractivity contribution < 1.29 is 14.3 Å². The van der Waals surface area contributed by atoms with E-state index in [9.17, 15) is 4.79 Å². The zero-order chi connectivity index (χ0) is 16.3. The molecule has 2 aromatic carbocycles. The minimum atomic E-state index is -0.469. The number of rotatable bonds is 8. The molecule has 0 bridgehead atoms. The zero-order valence-electron chi connectivity index (χ0n) is 12.7. The van der Waals surface area contributed by atoms with Crippen molar-refractivity contribution >= 4 is 17.9 Å².